The maximum Gasteiger partial charge on any atom is 0.0888 e. The number of hydrogen-bond donors (Lipinski definition) is 1. The van der Waals surface area contributed by atoms with Crippen LogP contribution in [-0.4, -0.2) is 26.7 Å². The van der Waals surface area contributed by atoms with Gasteiger partial charge in [-0.2, -0.15) is 0 Å². The molecule has 0 fully saturated rings. The Morgan fingerprint density at radius 3 is 2.82 bits per heavy atom. The maximum atomic E-state index is 8.86. The van der Waals surface area contributed by atoms with Gasteiger partial charge < -0.3 is 5.11 Å². The Labute approximate surface area is 101 Å². The van der Waals surface area contributed by atoms with Gasteiger partial charge in [-0.1, -0.05) is 29.0 Å². The molecule has 90 valence electrons. The molecule has 1 aromatic carbocycles. The van der Waals surface area contributed by atoms with Crippen LogP contribution >= 0.6 is 0 Å². The van der Waals surface area contributed by atoms with Gasteiger partial charge in [-0.05, 0) is 25.8 Å². The van der Waals surface area contributed by atoms with Gasteiger partial charge in [0.05, 0.1) is 11.9 Å². The van der Waals surface area contributed by atoms with Crippen molar-refractivity contribution in [2.75, 3.05) is 6.61 Å². The molecule has 0 aliphatic heterocycles. The molecule has 17 heavy (non-hydrogen) atoms. The van der Waals surface area contributed by atoms with E-state index in [1.807, 2.05) is 4.68 Å². The molecule has 0 amide bonds. The van der Waals surface area contributed by atoms with Crippen LogP contribution in [0.5, 0.6) is 0 Å². The molecule has 2 aromatic rings. The Hall–Kier alpha value is -1.68. The number of nitrogens with zero attached hydrogens (tertiary/aromatic N) is 3. The molecule has 2 rings (SSSR count). The van der Waals surface area contributed by atoms with Crippen LogP contribution in [0.25, 0.3) is 11.3 Å². The molecule has 4 nitrogen and oxygen atoms in total. The highest BCUT2D eigenvalue weighted by atomic mass is 16.3. The fourth-order valence-electron chi connectivity index (χ4n) is 1.95. The average molecular weight is 231 g/mol. The zero-order valence-corrected chi connectivity index (χ0v) is 10.2. The second-order valence-electron chi connectivity index (χ2n) is 4.24. The van der Waals surface area contributed by atoms with E-state index < -0.39 is 0 Å². The highest BCUT2D eigenvalue weighted by molar-refractivity contribution is 5.63. The SMILES string of the molecule is Cc1ccc(-c2cnnn2CCCO)c(C)c1. The fourth-order valence-corrected chi connectivity index (χ4v) is 1.95. The Kier molecular flexibility index (Phi) is 3.54. The topological polar surface area (TPSA) is 50.9 Å². The lowest BCUT2D eigenvalue weighted by Crippen LogP contribution is -2.04. The predicted molar refractivity (Wildman–Crippen MR) is 66.6 cm³/mol. The smallest absolute Gasteiger partial charge is 0.0888 e. The van der Waals surface area contributed by atoms with E-state index in [-0.39, 0.29) is 6.61 Å². The van der Waals surface area contributed by atoms with E-state index in [9.17, 15) is 0 Å². The lowest BCUT2D eigenvalue weighted by atomic mass is 10.0. The van der Waals surface area contributed by atoms with Crippen LogP contribution < -0.4 is 0 Å². The zero-order valence-electron chi connectivity index (χ0n) is 10.2. The quantitative estimate of drug-likeness (QED) is 0.875. The summed E-state index contributed by atoms with van der Waals surface area (Å²) in [4.78, 5) is 0. The third-order valence-corrected chi connectivity index (χ3v) is 2.80. The van der Waals surface area contributed by atoms with Gasteiger partial charge in [-0.3, -0.25) is 0 Å². The zero-order chi connectivity index (χ0) is 12.3. The molecule has 0 radical (unpaired) electrons. The van der Waals surface area contributed by atoms with Crippen LogP contribution in [0.15, 0.2) is 24.4 Å². The highest BCUT2D eigenvalue weighted by Gasteiger charge is 2.08. The number of aliphatic hydroxyl groups excluding tert-OH is 1. The largest absolute Gasteiger partial charge is 0.396 e. The van der Waals surface area contributed by atoms with Crippen LogP contribution in [0.3, 0.4) is 0 Å². The second kappa shape index (κ2) is 5.10. The molecule has 4 heteroatoms. The summed E-state index contributed by atoms with van der Waals surface area (Å²) >= 11 is 0. The molecule has 0 bridgehead atoms. The van der Waals surface area contributed by atoms with Gasteiger partial charge in [0.1, 0.15) is 0 Å². The summed E-state index contributed by atoms with van der Waals surface area (Å²) in [6.07, 6.45) is 2.47. The Bertz CT molecular complexity index is 505. The Morgan fingerprint density at radius 1 is 1.29 bits per heavy atom. The molecule has 0 saturated carbocycles. The molecule has 0 aliphatic rings. The molecule has 0 unspecified atom stereocenters. The molecular weight excluding hydrogens is 214 g/mol. The highest BCUT2D eigenvalue weighted by Crippen LogP contribution is 2.23. The lowest BCUT2D eigenvalue weighted by Gasteiger charge is -2.08. The first-order chi connectivity index (χ1) is 8.22. The molecule has 0 saturated heterocycles. The number of rotatable bonds is 4. The van der Waals surface area contributed by atoms with Gasteiger partial charge in [-0.15, -0.1) is 5.10 Å². The minimum atomic E-state index is 0.173. The summed E-state index contributed by atoms with van der Waals surface area (Å²) in [5.74, 6) is 0. The third-order valence-electron chi connectivity index (χ3n) is 2.80. The van der Waals surface area contributed by atoms with Crippen LogP contribution in [0.4, 0.5) is 0 Å². The van der Waals surface area contributed by atoms with Gasteiger partial charge in [0.15, 0.2) is 0 Å². The van der Waals surface area contributed by atoms with E-state index >= 15 is 0 Å². The summed E-state index contributed by atoms with van der Waals surface area (Å²) in [7, 11) is 0. The van der Waals surface area contributed by atoms with E-state index in [1.54, 1.807) is 6.20 Å². The van der Waals surface area contributed by atoms with E-state index in [0.29, 0.717) is 13.0 Å². The van der Waals surface area contributed by atoms with Gasteiger partial charge in [0.25, 0.3) is 0 Å². The average Bonchev–Trinajstić information content (AvgIpc) is 2.74. The maximum absolute atomic E-state index is 8.86. The van der Waals surface area contributed by atoms with E-state index in [1.165, 1.54) is 11.1 Å². The Balaban J connectivity index is 2.35. The predicted octanol–water partition coefficient (Wildman–Crippen LogP) is 1.94. The number of aromatic nitrogens is 3. The van der Waals surface area contributed by atoms with Crippen molar-refractivity contribution in [3.05, 3.63) is 35.5 Å². The number of aryl methyl sites for hydroxylation is 3. The van der Waals surface area contributed by atoms with Crippen LogP contribution in [0.2, 0.25) is 0 Å². The Morgan fingerprint density at radius 2 is 2.12 bits per heavy atom. The summed E-state index contributed by atoms with van der Waals surface area (Å²) in [5, 5.41) is 16.9. The van der Waals surface area contributed by atoms with Crippen molar-refractivity contribution in [3.63, 3.8) is 0 Å². The number of aliphatic hydroxyl groups is 1. The number of benzene rings is 1. The van der Waals surface area contributed by atoms with Crippen molar-refractivity contribution in [1.29, 1.82) is 0 Å². The van der Waals surface area contributed by atoms with Gasteiger partial charge >= 0.3 is 0 Å². The summed E-state index contributed by atoms with van der Waals surface area (Å²) < 4.78 is 1.84. The van der Waals surface area contributed by atoms with Crippen molar-refractivity contribution < 1.29 is 5.11 Å². The molecule has 0 aliphatic carbocycles. The summed E-state index contributed by atoms with van der Waals surface area (Å²) in [6, 6.07) is 6.34. The molecule has 1 heterocycles. The van der Waals surface area contributed by atoms with Crippen molar-refractivity contribution in [2.45, 2.75) is 26.8 Å². The molecular formula is C13H17N3O. The third kappa shape index (κ3) is 2.53. The van der Waals surface area contributed by atoms with Crippen LogP contribution in [0.1, 0.15) is 17.5 Å². The van der Waals surface area contributed by atoms with Crippen molar-refractivity contribution in [2.24, 2.45) is 0 Å². The lowest BCUT2D eigenvalue weighted by molar-refractivity contribution is 0.276. The van der Waals surface area contributed by atoms with Crippen LogP contribution in [0, 0.1) is 13.8 Å². The molecule has 0 atom stereocenters. The fraction of sp³-hybridized carbons (Fsp3) is 0.385. The van der Waals surface area contributed by atoms with Gasteiger partial charge in [-0.25, -0.2) is 4.68 Å². The molecule has 0 spiro atoms. The molecule has 1 aromatic heterocycles. The minimum Gasteiger partial charge on any atom is -0.396 e. The van der Waals surface area contributed by atoms with E-state index in [0.717, 1.165) is 11.3 Å². The second-order valence-corrected chi connectivity index (χ2v) is 4.24. The first kappa shape index (κ1) is 11.8. The first-order valence-electron chi connectivity index (χ1n) is 5.79. The van der Waals surface area contributed by atoms with Crippen molar-refractivity contribution in [3.8, 4) is 11.3 Å². The summed E-state index contributed by atoms with van der Waals surface area (Å²) in [5.41, 5.74) is 4.63. The summed E-state index contributed by atoms with van der Waals surface area (Å²) in [6.45, 7) is 5.04. The van der Waals surface area contributed by atoms with Gasteiger partial charge in [0.2, 0.25) is 0 Å². The molecule has 1 N–H and O–H groups in total. The van der Waals surface area contributed by atoms with Gasteiger partial charge in [0, 0.05) is 18.7 Å². The van der Waals surface area contributed by atoms with E-state index in [2.05, 4.69) is 42.4 Å². The first-order valence-corrected chi connectivity index (χ1v) is 5.79. The van der Waals surface area contributed by atoms with Crippen molar-refractivity contribution >= 4 is 0 Å². The monoisotopic (exact) mass is 231 g/mol. The van der Waals surface area contributed by atoms with Crippen LogP contribution in [-0.2, 0) is 6.54 Å². The normalized spacial score (nSPS) is 10.8. The minimum absolute atomic E-state index is 0.173. The number of hydrogen-bond acceptors (Lipinski definition) is 3. The van der Waals surface area contributed by atoms with E-state index in [4.69, 9.17) is 5.11 Å². The van der Waals surface area contributed by atoms with Crippen molar-refractivity contribution in [1.82, 2.24) is 15.0 Å². The standard InChI is InChI=1S/C13H17N3O/c1-10-4-5-12(11(2)8-10)13-9-14-15-16(13)6-3-7-17/h4-5,8-9,17H,3,6-7H2,1-2H3.